The molecule has 3 aromatic heterocycles. The van der Waals surface area contributed by atoms with E-state index in [9.17, 15) is 9.18 Å². The predicted octanol–water partition coefficient (Wildman–Crippen LogP) is 3.53. The number of aryl methyl sites for hydroxylation is 2. The number of nitrogens with one attached hydrogen (secondary N) is 2. The van der Waals surface area contributed by atoms with Crippen molar-refractivity contribution in [2.45, 2.75) is 25.7 Å². The summed E-state index contributed by atoms with van der Waals surface area (Å²) in [5.74, 6) is 0.690. The summed E-state index contributed by atoms with van der Waals surface area (Å²) >= 11 is 0. The topological polar surface area (TPSA) is 84.7 Å². The Morgan fingerprint density at radius 1 is 1.26 bits per heavy atom. The molecule has 1 aliphatic carbocycles. The van der Waals surface area contributed by atoms with Gasteiger partial charge in [0, 0.05) is 24.7 Å². The van der Waals surface area contributed by atoms with Gasteiger partial charge >= 0.3 is 0 Å². The average Bonchev–Trinajstić information content (AvgIpc) is 3.43. The predicted molar refractivity (Wildman–Crippen MR) is 99.6 cm³/mol. The van der Waals surface area contributed by atoms with Crippen molar-refractivity contribution in [2.24, 2.45) is 7.05 Å². The van der Waals surface area contributed by atoms with Crippen molar-refractivity contribution in [3.05, 3.63) is 59.4 Å². The molecule has 1 saturated carbocycles. The Labute approximate surface area is 155 Å². The lowest BCUT2D eigenvalue weighted by Crippen LogP contribution is -2.17. The fourth-order valence-electron chi connectivity index (χ4n) is 2.78. The van der Waals surface area contributed by atoms with Crippen LogP contribution in [-0.2, 0) is 7.05 Å². The van der Waals surface area contributed by atoms with Crippen LogP contribution in [0.4, 0.5) is 21.7 Å². The first-order valence-electron chi connectivity index (χ1n) is 8.71. The quantitative estimate of drug-likeness (QED) is 0.722. The van der Waals surface area contributed by atoms with Crippen molar-refractivity contribution in [3.8, 4) is 0 Å². The van der Waals surface area contributed by atoms with Crippen LogP contribution in [0.2, 0.25) is 0 Å². The molecule has 3 aromatic rings. The maximum Gasteiger partial charge on any atom is 0.277 e. The molecular weight excluding hydrogens is 347 g/mol. The number of pyridine rings is 2. The number of hydrogen-bond donors (Lipinski definition) is 2. The zero-order valence-electron chi connectivity index (χ0n) is 15.0. The van der Waals surface area contributed by atoms with Crippen LogP contribution in [0, 0.1) is 12.7 Å². The zero-order chi connectivity index (χ0) is 19.0. The minimum Gasteiger partial charge on any atom is -0.339 e. The third-order valence-electron chi connectivity index (χ3n) is 4.38. The van der Waals surface area contributed by atoms with Gasteiger partial charge in [-0.1, -0.05) is 0 Å². The van der Waals surface area contributed by atoms with Gasteiger partial charge in [0.2, 0.25) is 0 Å². The zero-order valence-corrected chi connectivity index (χ0v) is 15.0. The summed E-state index contributed by atoms with van der Waals surface area (Å²) in [4.78, 5) is 20.9. The van der Waals surface area contributed by atoms with Gasteiger partial charge in [0.25, 0.3) is 5.91 Å². The first-order valence-corrected chi connectivity index (χ1v) is 8.71. The molecule has 1 amide bonds. The molecule has 1 fully saturated rings. The smallest absolute Gasteiger partial charge is 0.277 e. The fraction of sp³-hybridized carbons (Fsp3) is 0.263. The third-order valence-corrected chi connectivity index (χ3v) is 4.38. The van der Waals surface area contributed by atoms with Crippen LogP contribution in [0.5, 0.6) is 0 Å². The molecule has 0 aromatic carbocycles. The van der Waals surface area contributed by atoms with Gasteiger partial charge < -0.3 is 10.6 Å². The lowest BCUT2D eigenvalue weighted by molar-refractivity contribution is 0.102. The van der Waals surface area contributed by atoms with Crippen molar-refractivity contribution in [3.63, 3.8) is 0 Å². The molecule has 0 radical (unpaired) electrons. The van der Waals surface area contributed by atoms with E-state index in [1.807, 2.05) is 26.1 Å². The van der Waals surface area contributed by atoms with Gasteiger partial charge in [0.15, 0.2) is 5.69 Å². The molecule has 0 saturated heterocycles. The SMILES string of the molecule is Cc1ccc(Nc2cc(C3CC3)nn2C)c(C(=O)Nc2ccc(F)cn2)n1. The minimum atomic E-state index is -0.466. The highest BCUT2D eigenvalue weighted by atomic mass is 19.1. The number of amides is 1. The van der Waals surface area contributed by atoms with Crippen molar-refractivity contribution in [2.75, 3.05) is 10.6 Å². The van der Waals surface area contributed by atoms with Gasteiger partial charge in [-0.3, -0.25) is 9.48 Å². The summed E-state index contributed by atoms with van der Waals surface area (Å²) in [6.45, 7) is 1.81. The van der Waals surface area contributed by atoms with Crippen molar-refractivity contribution >= 4 is 23.2 Å². The molecule has 8 heteroatoms. The summed E-state index contributed by atoms with van der Waals surface area (Å²) in [5.41, 5.74) is 2.56. The number of carbonyl (C=O) groups is 1. The second kappa shape index (κ2) is 6.79. The van der Waals surface area contributed by atoms with E-state index in [2.05, 4.69) is 25.7 Å². The molecule has 1 aliphatic rings. The Hall–Kier alpha value is -3.29. The van der Waals surface area contributed by atoms with Gasteiger partial charge in [-0.15, -0.1) is 0 Å². The van der Waals surface area contributed by atoms with Crippen LogP contribution in [0.1, 0.15) is 40.6 Å². The number of hydrogen-bond acceptors (Lipinski definition) is 5. The Morgan fingerprint density at radius 2 is 2.07 bits per heavy atom. The van der Waals surface area contributed by atoms with E-state index in [1.165, 1.54) is 25.0 Å². The van der Waals surface area contributed by atoms with Gasteiger partial charge in [-0.25, -0.2) is 14.4 Å². The molecule has 0 bridgehead atoms. The summed E-state index contributed by atoms with van der Waals surface area (Å²) in [6.07, 6.45) is 3.38. The summed E-state index contributed by atoms with van der Waals surface area (Å²) < 4.78 is 14.8. The summed E-state index contributed by atoms with van der Waals surface area (Å²) in [6, 6.07) is 8.27. The highest BCUT2D eigenvalue weighted by Crippen LogP contribution is 2.40. The Morgan fingerprint density at radius 3 is 2.78 bits per heavy atom. The number of anilines is 3. The van der Waals surface area contributed by atoms with Gasteiger partial charge in [-0.2, -0.15) is 5.10 Å². The molecule has 0 atom stereocenters. The molecule has 0 aliphatic heterocycles. The maximum absolute atomic E-state index is 13.0. The second-order valence-electron chi connectivity index (χ2n) is 6.64. The van der Waals surface area contributed by atoms with Crippen LogP contribution in [0.25, 0.3) is 0 Å². The lowest BCUT2D eigenvalue weighted by Gasteiger charge is -2.12. The maximum atomic E-state index is 13.0. The van der Waals surface area contributed by atoms with E-state index in [0.717, 1.165) is 17.7 Å². The van der Waals surface area contributed by atoms with E-state index < -0.39 is 11.7 Å². The van der Waals surface area contributed by atoms with E-state index in [1.54, 1.807) is 10.7 Å². The van der Waals surface area contributed by atoms with E-state index in [4.69, 9.17) is 0 Å². The van der Waals surface area contributed by atoms with Crippen molar-refractivity contribution in [1.29, 1.82) is 0 Å². The molecule has 27 heavy (non-hydrogen) atoms. The summed E-state index contributed by atoms with van der Waals surface area (Å²) in [5, 5.41) is 10.4. The standard InChI is InChI=1S/C19H19FN6O/c1-11-3-7-14(23-17-9-15(12-4-5-12)25-26(17)2)18(22-11)19(27)24-16-8-6-13(20)10-21-16/h3,6-10,12,23H,4-5H2,1-2H3,(H,21,24,27). The highest BCUT2D eigenvalue weighted by Gasteiger charge is 2.27. The summed E-state index contributed by atoms with van der Waals surface area (Å²) in [7, 11) is 1.86. The van der Waals surface area contributed by atoms with E-state index in [-0.39, 0.29) is 11.5 Å². The minimum absolute atomic E-state index is 0.232. The molecule has 138 valence electrons. The van der Waals surface area contributed by atoms with Crippen molar-refractivity contribution in [1.82, 2.24) is 19.7 Å². The molecular formula is C19H19FN6O. The first kappa shape index (κ1) is 17.1. The fourth-order valence-corrected chi connectivity index (χ4v) is 2.78. The monoisotopic (exact) mass is 366 g/mol. The van der Waals surface area contributed by atoms with Gasteiger partial charge in [-0.05, 0) is 44.0 Å². The number of rotatable bonds is 5. The third kappa shape index (κ3) is 3.79. The van der Waals surface area contributed by atoms with Crippen molar-refractivity contribution < 1.29 is 9.18 Å². The average molecular weight is 366 g/mol. The lowest BCUT2D eigenvalue weighted by atomic mass is 10.2. The van der Waals surface area contributed by atoms with Gasteiger partial charge in [0.1, 0.15) is 17.5 Å². The first-order chi connectivity index (χ1) is 13.0. The number of aromatic nitrogens is 4. The second-order valence-corrected chi connectivity index (χ2v) is 6.64. The van der Waals surface area contributed by atoms with Crippen LogP contribution in [0.15, 0.2) is 36.5 Å². The van der Waals surface area contributed by atoms with E-state index >= 15 is 0 Å². The Bertz CT molecular complexity index is 994. The molecule has 0 unspecified atom stereocenters. The van der Waals surface area contributed by atoms with Crippen LogP contribution < -0.4 is 10.6 Å². The molecule has 3 heterocycles. The largest absolute Gasteiger partial charge is 0.339 e. The van der Waals surface area contributed by atoms with Crippen LogP contribution in [-0.4, -0.2) is 25.7 Å². The Balaban J connectivity index is 1.60. The van der Waals surface area contributed by atoms with Crippen LogP contribution in [0.3, 0.4) is 0 Å². The number of carbonyl (C=O) groups excluding carboxylic acids is 1. The Kier molecular flexibility index (Phi) is 4.31. The molecule has 4 rings (SSSR count). The normalized spacial score (nSPS) is 13.4. The van der Waals surface area contributed by atoms with Crippen LogP contribution >= 0.6 is 0 Å². The van der Waals surface area contributed by atoms with Gasteiger partial charge in [0.05, 0.1) is 17.6 Å². The number of halogens is 1. The molecule has 7 nitrogen and oxygen atoms in total. The van der Waals surface area contributed by atoms with E-state index in [0.29, 0.717) is 17.3 Å². The molecule has 0 spiro atoms. The number of nitrogens with zero attached hydrogens (tertiary/aromatic N) is 4. The highest BCUT2D eigenvalue weighted by molar-refractivity contribution is 6.06. The molecule has 2 N–H and O–H groups in total.